The van der Waals surface area contributed by atoms with Gasteiger partial charge < -0.3 is 14.9 Å². The summed E-state index contributed by atoms with van der Waals surface area (Å²) in [6.07, 6.45) is 1.80. The van der Waals surface area contributed by atoms with Crippen LogP contribution < -0.4 is 14.9 Å². The normalized spacial score (nSPS) is 10.8. The molecular weight excluding hydrogens is 408 g/mol. The molecule has 2 aromatic carbocycles. The van der Waals surface area contributed by atoms with Crippen LogP contribution in [0.4, 0.5) is 0 Å². The number of rotatable bonds is 9. The van der Waals surface area contributed by atoms with Crippen molar-refractivity contribution < 1.29 is 9.47 Å². The Morgan fingerprint density at radius 3 is 2.79 bits per heavy atom. The van der Waals surface area contributed by atoms with Crippen LogP contribution in [0.1, 0.15) is 35.9 Å². The van der Waals surface area contributed by atoms with Crippen LogP contribution in [-0.4, -0.2) is 22.0 Å². The molecule has 0 amide bonds. The minimum absolute atomic E-state index is 0.441. The van der Waals surface area contributed by atoms with Crippen LogP contribution in [0.25, 0.3) is 0 Å². The van der Waals surface area contributed by atoms with Gasteiger partial charge in [0.15, 0.2) is 17.3 Å². The highest BCUT2D eigenvalue weighted by Crippen LogP contribution is 2.34. The minimum atomic E-state index is 0.441. The van der Waals surface area contributed by atoms with E-state index in [9.17, 15) is 0 Å². The highest BCUT2D eigenvalue weighted by atomic mass is 35.5. The van der Waals surface area contributed by atoms with E-state index in [1.165, 1.54) is 5.56 Å². The number of nitrogens with zero attached hydrogens (tertiary/aromatic N) is 2. The molecule has 0 fully saturated rings. The maximum Gasteiger partial charge on any atom is 0.214 e. The Kier molecular flexibility index (Phi) is 7.17. The molecule has 0 saturated heterocycles. The van der Waals surface area contributed by atoms with Gasteiger partial charge in [0.25, 0.3) is 0 Å². The Labute approximate surface area is 180 Å². The highest BCUT2D eigenvalue weighted by molar-refractivity contribution is 7.71. The molecule has 1 heterocycles. The molecule has 3 aromatic rings. The SMILES string of the molecule is CCCc1n[nH]c(=S)n1NCc1cc(OC)c(OCc2cccc(C)c2)cc1Cl. The Morgan fingerprint density at radius 1 is 1.24 bits per heavy atom. The summed E-state index contributed by atoms with van der Waals surface area (Å²) < 4.78 is 13.8. The second kappa shape index (κ2) is 9.80. The quantitative estimate of drug-likeness (QED) is 0.456. The minimum Gasteiger partial charge on any atom is -0.493 e. The largest absolute Gasteiger partial charge is 0.493 e. The van der Waals surface area contributed by atoms with Gasteiger partial charge in [-0.2, -0.15) is 5.10 Å². The number of hydrogen-bond acceptors (Lipinski definition) is 5. The monoisotopic (exact) mass is 432 g/mol. The molecule has 0 aliphatic rings. The van der Waals surface area contributed by atoms with E-state index in [2.05, 4.69) is 41.6 Å². The van der Waals surface area contributed by atoms with E-state index in [1.807, 2.05) is 18.2 Å². The highest BCUT2D eigenvalue weighted by Gasteiger charge is 2.12. The van der Waals surface area contributed by atoms with Gasteiger partial charge in [-0.15, -0.1) is 0 Å². The van der Waals surface area contributed by atoms with Crippen LogP contribution >= 0.6 is 23.8 Å². The van der Waals surface area contributed by atoms with Crippen molar-refractivity contribution in [3.8, 4) is 11.5 Å². The molecular formula is C21H25ClN4O2S. The molecule has 1 aromatic heterocycles. The van der Waals surface area contributed by atoms with E-state index in [-0.39, 0.29) is 0 Å². The molecule has 0 radical (unpaired) electrons. The van der Waals surface area contributed by atoms with E-state index in [0.717, 1.165) is 29.8 Å². The summed E-state index contributed by atoms with van der Waals surface area (Å²) in [4.78, 5) is 0. The van der Waals surface area contributed by atoms with Crippen molar-refractivity contribution in [1.29, 1.82) is 0 Å². The van der Waals surface area contributed by atoms with Crippen LogP contribution in [0.2, 0.25) is 5.02 Å². The number of hydrogen-bond donors (Lipinski definition) is 2. The summed E-state index contributed by atoms with van der Waals surface area (Å²) in [5.74, 6) is 2.09. The number of H-pyrrole nitrogens is 1. The van der Waals surface area contributed by atoms with Gasteiger partial charge in [-0.25, -0.2) is 4.68 Å². The number of aromatic nitrogens is 3. The lowest BCUT2D eigenvalue weighted by Crippen LogP contribution is -2.18. The Hall–Kier alpha value is -2.51. The van der Waals surface area contributed by atoms with Crippen LogP contribution in [-0.2, 0) is 19.6 Å². The second-order valence-electron chi connectivity index (χ2n) is 6.74. The molecule has 0 bridgehead atoms. The van der Waals surface area contributed by atoms with Crippen LogP contribution in [0.5, 0.6) is 11.5 Å². The fourth-order valence-corrected chi connectivity index (χ4v) is 3.43. The van der Waals surface area contributed by atoms with Crippen LogP contribution in [0, 0.1) is 11.7 Å². The first-order valence-electron chi connectivity index (χ1n) is 9.46. The van der Waals surface area contributed by atoms with Gasteiger partial charge in [-0.3, -0.25) is 5.10 Å². The van der Waals surface area contributed by atoms with E-state index >= 15 is 0 Å². The van der Waals surface area contributed by atoms with Crippen molar-refractivity contribution in [2.75, 3.05) is 12.5 Å². The second-order valence-corrected chi connectivity index (χ2v) is 7.53. The lowest BCUT2D eigenvalue weighted by Gasteiger charge is -2.15. The summed E-state index contributed by atoms with van der Waals surface area (Å²) >= 11 is 11.8. The number of halogens is 1. The zero-order valence-electron chi connectivity index (χ0n) is 16.8. The average molecular weight is 433 g/mol. The van der Waals surface area contributed by atoms with Crippen LogP contribution in [0.15, 0.2) is 36.4 Å². The maximum absolute atomic E-state index is 6.51. The summed E-state index contributed by atoms with van der Waals surface area (Å²) in [7, 11) is 1.62. The molecule has 29 heavy (non-hydrogen) atoms. The fraction of sp³-hybridized carbons (Fsp3) is 0.333. The summed E-state index contributed by atoms with van der Waals surface area (Å²) in [5.41, 5.74) is 6.43. The summed E-state index contributed by atoms with van der Waals surface area (Å²) in [6, 6.07) is 11.9. The standard InChI is InChI=1S/C21H25ClN4O2S/c1-4-6-20-24-25-21(29)26(20)23-12-16-10-18(27-3)19(11-17(16)22)28-13-15-8-5-7-14(2)9-15/h5,7-11,23H,4,6,12-13H2,1-3H3,(H,25,29). The van der Waals surface area contributed by atoms with Gasteiger partial charge in [0.2, 0.25) is 4.77 Å². The van der Waals surface area contributed by atoms with Crippen molar-refractivity contribution in [2.45, 2.75) is 39.8 Å². The molecule has 0 aliphatic carbocycles. The molecule has 2 N–H and O–H groups in total. The van der Waals surface area contributed by atoms with Gasteiger partial charge in [0.05, 0.1) is 13.7 Å². The number of aromatic amines is 1. The fourth-order valence-electron chi connectivity index (χ4n) is 3.00. The zero-order valence-corrected chi connectivity index (χ0v) is 18.4. The molecule has 3 rings (SSSR count). The van der Waals surface area contributed by atoms with Gasteiger partial charge >= 0.3 is 0 Å². The van der Waals surface area contributed by atoms with Crippen molar-refractivity contribution in [2.24, 2.45) is 0 Å². The predicted octanol–water partition coefficient (Wildman–Crippen LogP) is 5.19. The van der Waals surface area contributed by atoms with E-state index in [0.29, 0.717) is 34.4 Å². The Morgan fingerprint density at radius 2 is 2.07 bits per heavy atom. The number of aryl methyl sites for hydroxylation is 2. The predicted molar refractivity (Wildman–Crippen MR) is 118 cm³/mol. The van der Waals surface area contributed by atoms with E-state index < -0.39 is 0 Å². The molecule has 0 unspecified atom stereocenters. The third-order valence-corrected chi connectivity index (χ3v) is 5.08. The van der Waals surface area contributed by atoms with Crippen molar-refractivity contribution >= 4 is 23.8 Å². The third kappa shape index (κ3) is 5.31. The number of methoxy groups -OCH3 is 1. The molecule has 0 spiro atoms. The molecule has 0 aliphatic heterocycles. The Bertz CT molecular complexity index is 1030. The molecule has 154 valence electrons. The molecule has 0 saturated carbocycles. The number of benzene rings is 2. The van der Waals surface area contributed by atoms with Crippen LogP contribution in [0.3, 0.4) is 0 Å². The van der Waals surface area contributed by atoms with Crippen molar-refractivity contribution in [3.63, 3.8) is 0 Å². The van der Waals surface area contributed by atoms with Crippen molar-refractivity contribution in [1.82, 2.24) is 14.9 Å². The average Bonchev–Trinajstić information content (AvgIpc) is 3.05. The van der Waals surface area contributed by atoms with Gasteiger partial charge in [-0.05, 0) is 42.8 Å². The lowest BCUT2D eigenvalue weighted by molar-refractivity contribution is 0.284. The maximum atomic E-state index is 6.51. The number of ether oxygens (including phenoxy) is 2. The zero-order chi connectivity index (χ0) is 20.8. The van der Waals surface area contributed by atoms with Gasteiger partial charge in [0.1, 0.15) is 6.61 Å². The third-order valence-electron chi connectivity index (χ3n) is 4.45. The topological polar surface area (TPSA) is 64.1 Å². The van der Waals surface area contributed by atoms with Crippen molar-refractivity contribution in [3.05, 3.63) is 68.7 Å². The first kappa shape index (κ1) is 21.2. The van der Waals surface area contributed by atoms with E-state index in [1.54, 1.807) is 17.9 Å². The molecule has 8 heteroatoms. The van der Waals surface area contributed by atoms with Gasteiger partial charge in [0, 0.05) is 17.5 Å². The number of nitrogens with one attached hydrogen (secondary N) is 2. The first-order valence-corrected chi connectivity index (χ1v) is 10.2. The Balaban J connectivity index is 1.74. The van der Waals surface area contributed by atoms with Gasteiger partial charge in [-0.1, -0.05) is 48.4 Å². The lowest BCUT2D eigenvalue weighted by atomic mass is 10.1. The molecule has 6 nitrogen and oxygen atoms in total. The molecule has 0 atom stereocenters. The first-order chi connectivity index (χ1) is 14.0. The summed E-state index contributed by atoms with van der Waals surface area (Å²) in [5, 5.41) is 7.66. The summed E-state index contributed by atoms with van der Waals surface area (Å²) in [6.45, 7) is 5.06. The van der Waals surface area contributed by atoms with E-state index in [4.69, 9.17) is 33.3 Å². The smallest absolute Gasteiger partial charge is 0.214 e.